The number of carbonyl (C=O) groups excluding carboxylic acids is 2. The molecule has 0 bridgehead atoms. The SMILES string of the molecule is CCCOc1ccc(N2C[C@H](C(=O)Nc3c(CC)cccc3CC)CC2=O)cc1. The molecule has 1 heterocycles. The van der Waals surface area contributed by atoms with Crippen LogP contribution in [0.4, 0.5) is 11.4 Å². The Labute approximate surface area is 173 Å². The number of para-hydroxylation sites is 1. The number of aryl methyl sites for hydroxylation is 2. The van der Waals surface area contributed by atoms with E-state index in [2.05, 4.69) is 26.1 Å². The summed E-state index contributed by atoms with van der Waals surface area (Å²) < 4.78 is 5.60. The third-order valence-corrected chi connectivity index (χ3v) is 5.36. The van der Waals surface area contributed by atoms with Crippen LogP contribution in [0.15, 0.2) is 42.5 Å². The summed E-state index contributed by atoms with van der Waals surface area (Å²) in [6.45, 7) is 7.29. The average Bonchev–Trinajstić information content (AvgIpc) is 3.14. The molecule has 2 aromatic carbocycles. The number of anilines is 2. The summed E-state index contributed by atoms with van der Waals surface area (Å²) in [7, 11) is 0. The van der Waals surface area contributed by atoms with Gasteiger partial charge in [0.05, 0.1) is 12.5 Å². The van der Waals surface area contributed by atoms with Gasteiger partial charge in [0.25, 0.3) is 0 Å². The second-order valence-electron chi connectivity index (χ2n) is 7.40. The zero-order valence-corrected chi connectivity index (χ0v) is 17.5. The lowest BCUT2D eigenvalue weighted by atomic mass is 10.0. The summed E-state index contributed by atoms with van der Waals surface area (Å²) in [5.41, 5.74) is 3.96. The van der Waals surface area contributed by atoms with Gasteiger partial charge in [-0.25, -0.2) is 0 Å². The maximum Gasteiger partial charge on any atom is 0.229 e. The van der Waals surface area contributed by atoms with E-state index < -0.39 is 0 Å². The van der Waals surface area contributed by atoms with Crippen molar-refractivity contribution in [1.29, 1.82) is 0 Å². The molecule has 0 aromatic heterocycles. The Kier molecular flexibility index (Phi) is 6.91. The topological polar surface area (TPSA) is 58.6 Å². The molecule has 2 amide bonds. The van der Waals surface area contributed by atoms with Crippen LogP contribution in [0.5, 0.6) is 5.75 Å². The van der Waals surface area contributed by atoms with E-state index in [1.54, 1.807) is 4.90 Å². The van der Waals surface area contributed by atoms with Gasteiger partial charge in [-0.3, -0.25) is 9.59 Å². The average molecular weight is 395 g/mol. The van der Waals surface area contributed by atoms with E-state index in [0.29, 0.717) is 13.2 Å². The summed E-state index contributed by atoms with van der Waals surface area (Å²) >= 11 is 0. The van der Waals surface area contributed by atoms with Gasteiger partial charge < -0.3 is 15.0 Å². The van der Waals surface area contributed by atoms with Crippen LogP contribution >= 0.6 is 0 Å². The van der Waals surface area contributed by atoms with Crippen LogP contribution < -0.4 is 15.0 Å². The second-order valence-corrected chi connectivity index (χ2v) is 7.40. The van der Waals surface area contributed by atoms with Crippen LogP contribution in [0.25, 0.3) is 0 Å². The van der Waals surface area contributed by atoms with E-state index in [1.165, 1.54) is 0 Å². The maximum atomic E-state index is 12.9. The first-order valence-corrected chi connectivity index (χ1v) is 10.5. The van der Waals surface area contributed by atoms with E-state index in [1.807, 2.05) is 42.5 Å². The first-order chi connectivity index (χ1) is 14.1. The normalized spacial score (nSPS) is 16.2. The van der Waals surface area contributed by atoms with Crippen LogP contribution in [0.3, 0.4) is 0 Å². The predicted octanol–water partition coefficient (Wildman–Crippen LogP) is 4.59. The van der Waals surface area contributed by atoms with Crippen LogP contribution in [0.1, 0.15) is 44.7 Å². The summed E-state index contributed by atoms with van der Waals surface area (Å²) in [6, 6.07) is 13.6. The molecule has 1 aliphatic rings. The van der Waals surface area contributed by atoms with E-state index in [9.17, 15) is 9.59 Å². The molecular weight excluding hydrogens is 364 g/mol. The Morgan fingerprint density at radius 2 is 1.72 bits per heavy atom. The van der Waals surface area contributed by atoms with Crippen molar-refractivity contribution in [2.75, 3.05) is 23.4 Å². The van der Waals surface area contributed by atoms with Gasteiger partial charge in [-0.2, -0.15) is 0 Å². The summed E-state index contributed by atoms with van der Waals surface area (Å²) in [5.74, 6) is 0.333. The number of hydrogen-bond acceptors (Lipinski definition) is 3. The van der Waals surface area contributed by atoms with E-state index in [-0.39, 0.29) is 24.2 Å². The minimum absolute atomic E-state index is 0.0214. The van der Waals surface area contributed by atoms with Crippen molar-refractivity contribution in [3.05, 3.63) is 53.6 Å². The van der Waals surface area contributed by atoms with E-state index in [4.69, 9.17) is 4.74 Å². The van der Waals surface area contributed by atoms with Crippen molar-refractivity contribution < 1.29 is 14.3 Å². The fourth-order valence-corrected chi connectivity index (χ4v) is 3.70. The third-order valence-electron chi connectivity index (χ3n) is 5.36. The van der Waals surface area contributed by atoms with Crippen molar-refractivity contribution >= 4 is 23.2 Å². The Morgan fingerprint density at radius 3 is 2.31 bits per heavy atom. The van der Waals surface area contributed by atoms with Gasteiger partial charge in [0.15, 0.2) is 0 Å². The zero-order valence-electron chi connectivity index (χ0n) is 17.5. The van der Waals surface area contributed by atoms with Gasteiger partial charge >= 0.3 is 0 Å². The van der Waals surface area contributed by atoms with Crippen LogP contribution in [0, 0.1) is 5.92 Å². The molecule has 1 atom stereocenters. The van der Waals surface area contributed by atoms with Crippen molar-refractivity contribution in [2.45, 2.75) is 46.5 Å². The number of ether oxygens (including phenoxy) is 1. The van der Waals surface area contributed by atoms with Gasteiger partial charge in [-0.05, 0) is 54.7 Å². The number of carbonyl (C=O) groups is 2. The van der Waals surface area contributed by atoms with E-state index >= 15 is 0 Å². The van der Waals surface area contributed by atoms with Crippen molar-refractivity contribution in [2.24, 2.45) is 5.92 Å². The lowest BCUT2D eigenvalue weighted by Crippen LogP contribution is -2.28. The van der Waals surface area contributed by atoms with Crippen molar-refractivity contribution in [3.63, 3.8) is 0 Å². The Balaban J connectivity index is 1.69. The van der Waals surface area contributed by atoms with Crippen LogP contribution in [-0.4, -0.2) is 25.0 Å². The fraction of sp³-hybridized carbons (Fsp3) is 0.417. The summed E-state index contributed by atoms with van der Waals surface area (Å²) in [5, 5.41) is 3.11. The van der Waals surface area contributed by atoms with Gasteiger partial charge in [0, 0.05) is 24.3 Å². The monoisotopic (exact) mass is 394 g/mol. The lowest BCUT2D eigenvalue weighted by molar-refractivity contribution is -0.122. The van der Waals surface area contributed by atoms with E-state index in [0.717, 1.165) is 47.5 Å². The van der Waals surface area contributed by atoms with Gasteiger partial charge in [-0.15, -0.1) is 0 Å². The highest BCUT2D eigenvalue weighted by atomic mass is 16.5. The minimum Gasteiger partial charge on any atom is -0.494 e. The molecule has 1 aliphatic heterocycles. The Hall–Kier alpha value is -2.82. The van der Waals surface area contributed by atoms with Gasteiger partial charge in [0.2, 0.25) is 11.8 Å². The molecule has 0 unspecified atom stereocenters. The highest BCUT2D eigenvalue weighted by molar-refractivity contribution is 6.04. The maximum absolute atomic E-state index is 12.9. The molecule has 5 heteroatoms. The standard InChI is InChI=1S/C24H30N2O3/c1-4-14-29-21-12-10-20(11-13-21)26-16-19(15-22(26)27)24(28)25-23-17(5-2)8-7-9-18(23)6-3/h7-13,19H,4-6,14-16H2,1-3H3,(H,25,28)/t19-/m1/s1. The molecule has 1 N–H and O–H groups in total. The largest absolute Gasteiger partial charge is 0.494 e. The molecule has 29 heavy (non-hydrogen) atoms. The zero-order chi connectivity index (χ0) is 20.8. The molecule has 3 rings (SSSR count). The van der Waals surface area contributed by atoms with Gasteiger partial charge in [0.1, 0.15) is 5.75 Å². The first kappa shape index (κ1) is 20.9. The van der Waals surface area contributed by atoms with Crippen molar-refractivity contribution in [3.8, 4) is 5.75 Å². The quantitative estimate of drug-likeness (QED) is 0.712. The molecule has 0 spiro atoms. The summed E-state index contributed by atoms with van der Waals surface area (Å²) in [4.78, 5) is 27.2. The molecule has 1 fully saturated rings. The molecule has 154 valence electrons. The molecule has 2 aromatic rings. The number of nitrogens with zero attached hydrogens (tertiary/aromatic N) is 1. The number of amides is 2. The highest BCUT2D eigenvalue weighted by Gasteiger charge is 2.35. The Bertz CT molecular complexity index is 839. The van der Waals surface area contributed by atoms with Crippen LogP contribution in [0.2, 0.25) is 0 Å². The van der Waals surface area contributed by atoms with Crippen molar-refractivity contribution in [1.82, 2.24) is 0 Å². The third kappa shape index (κ3) is 4.78. The lowest BCUT2D eigenvalue weighted by Gasteiger charge is -2.18. The highest BCUT2D eigenvalue weighted by Crippen LogP contribution is 2.29. The molecular formula is C24H30N2O3. The molecule has 0 radical (unpaired) electrons. The molecule has 1 saturated heterocycles. The minimum atomic E-state index is -0.354. The smallest absolute Gasteiger partial charge is 0.229 e. The number of benzene rings is 2. The molecule has 5 nitrogen and oxygen atoms in total. The number of nitrogens with one attached hydrogen (secondary N) is 1. The molecule has 0 aliphatic carbocycles. The number of rotatable bonds is 8. The number of hydrogen-bond donors (Lipinski definition) is 1. The second kappa shape index (κ2) is 9.59. The first-order valence-electron chi connectivity index (χ1n) is 10.5. The fourth-order valence-electron chi connectivity index (χ4n) is 3.70. The predicted molar refractivity (Wildman–Crippen MR) is 117 cm³/mol. The molecule has 0 saturated carbocycles. The Morgan fingerprint density at radius 1 is 1.07 bits per heavy atom. The summed E-state index contributed by atoms with van der Waals surface area (Å²) in [6.07, 6.45) is 2.89. The van der Waals surface area contributed by atoms with Gasteiger partial charge in [-0.1, -0.05) is 39.0 Å². The van der Waals surface area contributed by atoms with Crippen LogP contribution in [-0.2, 0) is 22.4 Å².